The lowest BCUT2D eigenvalue weighted by molar-refractivity contribution is -0.142. The molecule has 1 aromatic heterocycles. The van der Waals surface area contributed by atoms with Gasteiger partial charge in [0.2, 0.25) is 0 Å². The highest BCUT2D eigenvalue weighted by Gasteiger charge is 2.20. The van der Waals surface area contributed by atoms with Crippen LogP contribution in [0.5, 0.6) is 0 Å². The fraction of sp³-hybridized carbons (Fsp3) is 0.364. The Hall–Kier alpha value is -1.55. The maximum absolute atomic E-state index is 12.8. The largest absolute Gasteiger partial charge is 0.466 e. The molecule has 0 atom stereocenters. The maximum atomic E-state index is 12.8. The third-order valence-electron chi connectivity index (χ3n) is 2.06. The molecule has 0 aliphatic rings. The van der Waals surface area contributed by atoms with Crippen molar-refractivity contribution in [2.24, 2.45) is 0 Å². The van der Waals surface area contributed by atoms with Crippen molar-refractivity contribution in [3.8, 4) is 6.07 Å². The zero-order chi connectivity index (χ0) is 13.7. The van der Waals surface area contributed by atoms with Gasteiger partial charge in [-0.15, -0.1) is 0 Å². The Balaban J connectivity index is 3.14. The van der Waals surface area contributed by atoms with Crippen molar-refractivity contribution in [3.63, 3.8) is 0 Å². The van der Waals surface area contributed by atoms with Gasteiger partial charge >= 0.3 is 5.97 Å². The van der Waals surface area contributed by atoms with Gasteiger partial charge in [0.15, 0.2) is 0 Å². The quantitative estimate of drug-likeness (QED) is 0.632. The molecule has 0 unspecified atom stereocenters. The Morgan fingerprint density at radius 3 is 2.83 bits per heavy atom. The number of esters is 1. The predicted molar refractivity (Wildman–Crippen MR) is 61.9 cm³/mol. The van der Waals surface area contributed by atoms with E-state index < -0.39 is 18.0 Å². The number of hydrogen-bond acceptors (Lipinski definition) is 4. The number of alkyl halides is 2. The lowest BCUT2D eigenvalue weighted by Gasteiger charge is -2.09. The van der Waals surface area contributed by atoms with Gasteiger partial charge in [-0.05, 0) is 28.9 Å². The fourth-order valence-electron chi connectivity index (χ4n) is 1.30. The van der Waals surface area contributed by atoms with Crippen molar-refractivity contribution < 1.29 is 18.3 Å². The molecule has 0 aromatic carbocycles. The number of nitrogens with zero attached hydrogens (tertiary/aromatic N) is 2. The van der Waals surface area contributed by atoms with Crippen molar-refractivity contribution in [2.75, 3.05) is 6.61 Å². The first-order valence-corrected chi connectivity index (χ1v) is 5.82. The standard InChI is InChI=1S/C11H9BrF2N2O2/c1-2-18-9(17)4-8-7(11(13)14)3-6(5-15)10(12)16-8/h3,11H,2,4H2,1H3. The Bertz CT molecular complexity index is 501. The van der Waals surface area contributed by atoms with E-state index in [1.54, 1.807) is 13.0 Å². The van der Waals surface area contributed by atoms with Gasteiger partial charge in [0.05, 0.1) is 24.3 Å². The number of carbonyl (C=O) groups excluding carboxylic acids is 1. The maximum Gasteiger partial charge on any atom is 0.311 e. The Kier molecular flexibility index (Phi) is 5.16. The molecule has 7 heteroatoms. The van der Waals surface area contributed by atoms with Gasteiger partial charge in [-0.2, -0.15) is 5.26 Å². The number of rotatable bonds is 4. The summed E-state index contributed by atoms with van der Waals surface area (Å²) in [5.41, 5.74) is -0.518. The van der Waals surface area contributed by atoms with E-state index in [-0.39, 0.29) is 28.9 Å². The molecule has 0 aliphatic carbocycles. The van der Waals surface area contributed by atoms with Gasteiger partial charge in [-0.25, -0.2) is 13.8 Å². The molecule has 1 rings (SSSR count). The van der Waals surface area contributed by atoms with Crippen molar-refractivity contribution in [1.29, 1.82) is 5.26 Å². The summed E-state index contributed by atoms with van der Waals surface area (Å²) in [6.07, 6.45) is -3.15. The van der Waals surface area contributed by atoms with Crippen LogP contribution in [0.2, 0.25) is 0 Å². The summed E-state index contributed by atoms with van der Waals surface area (Å²) in [4.78, 5) is 15.1. The van der Waals surface area contributed by atoms with E-state index in [1.165, 1.54) is 0 Å². The first-order chi connectivity index (χ1) is 8.49. The minimum atomic E-state index is -2.80. The number of hydrogen-bond donors (Lipinski definition) is 0. The predicted octanol–water partition coefficient (Wildman–Crippen LogP) is 2.76. The zero-order valence-corrected chi connectivity index (χ0v) is 11.0. The lowest BCUT2D eigenvalue weighted by atomic mass is 10.1. The van der Waals surface area contributed by atoms with Crippen LogP contribution < -0.4 is 0 Å². The van der Waals surface area contributed by atoms with E-state index >= 15 is 0 Å². The van der Waals surface area contributed by atoms with Crippen LogP contribution in [0.25, 0.3) is 0 Å². The molecule has 0 bridgehead atoms. The number of aromatic nitrogens is 1. The molecule has 1 aromatic rings. The SMILES string of the molecule is CCOC(=O)Cc1nc(Br)c(C#N)cc1C(F)F. The van der Waals surface area contributed by atoms with Crippen LogP contribution >= 0.6 is 15.9 Å². The van der Waals surface area contributed by atoms with E-state index in [0.29, 0.717) is 0 Å². The zero-order valence-electron chi connectivity index (χ0n) is 9.41. The van der Waals surface area contributed by atoms with Gasteiger partial charge in [-0.3, -0.25) is 4.79 Å². The Morgan fingerprint density at radius 2 is 2.33 bits per heavy atom. The number of ether oxygens (including phenoxy) is 1. The average molecular weight is 319 g/mol. The number of halogens is 3. The summed E-state index contributed by atoms with van der Waals surface area (Å²) in [5.74, 6) is -0.636. The summed E-state index contributed by atoms with van der Waals surface area (Å²) in [7, 11) is 0. The Morgan fingerprint density at radius 1 is 1.67 bits per heavy atom. The van der Waals surface area contributed by atoms with Crippen LogP contribution in [0.1, 0.15) is 30.2 Å². The van der Waals surface area contributed by atoms with E-state index in [9.17, 15) is 13.6 Å². The highest BCUT2D eigenvalue weighted by molar-refractivity contribution is 9.10. The molecule has 0 amide bonds. The van der Waals surface area contributed by atoms with Gasteiger partial charge in [-0.1, -0.05) is 0 Å². The van der Waals surface area contributed by atoms with E-state index in [4.69, 9.17) is 5.26 Å². The van der Waals surface area contributed by atoms with Crippen LogP contribution in [0, 0.1) is 11.3 Å². The highest BCUT2D eigenvalue weighted by Crippen LogP contribution is 2.26. The molecule has 18 heavy (non-hydrogen) atoms. The third-order valence-corrected chi connectivity index (χ3v) is 2.67. The minimum Gasteiger partial charge on any atom is -0.466 e. The number of carbonyl (C=O) groups is 1. The Labute approximate surface area is 111 Å². The summed E-state index contributed by atoms with van der Waals surface area (Å²) in [6.45, 7) is 1.79. The summed E-state index contributed by atoms with van der Waals surface area (Å²) >= 11 is 2.99. The summed E-state index contributed by atoms with van der Waals surface area (Å²) < 4.78 is 30.4. The molecular formula is C11H9BrF2N2O2. The highest BCUT2D eigenvalue weighted by atomic mass is 79.9. The average Bonchev–Trinajstić information content (AvgIpc) is 2.29. The molecule has 96 valence electrons. The van der Waals surface area contributed by atoms with Crippen LogP contribution in [0.15, 0.2) is 10.7 Å². The van der Waals surface area contributed by atoms with Gasteiger partial charge in [0.1, 0.15) is 10.7 Å². The van der Waals surface area contributed by atoms with E-state index in [0.717, 1.165) is 6.07 Å². The summed E-state index contributed by atoms with van der Waals surface area (Å²) in [6, 6.07) is 2.76. The molecule has 0 fully saturated rings. The summed E-state index contributed by atoms with van der Waals surface area (Å²) in [5, 5.41) is 8.73. The number of nitriles is 1. The second-order valence-electron chi connectivity index (χ2n) is 3.26. The fourth-order valence-corrected chi connectivity index (χ4v) is 1.72. The second kappa shape index (κ2) is 6.40. The molecule has 0 saturated carbocycles. The molecule has 0 radical (unpaired) electrons. The van der Waals surface area contributed by atoms with Gasteiger partial charge in [0.25, 0.3) is 6.43 Å². The molecule has 0 aliphatic heterocycles. The first-order valence-electron chi connectivity index (χ1n) is 5.02. The smallest absolute Gasteiger partial charge is 0.311 e. The topological polar surface area (TPSA) is 63.0 Å². The number of pyridine rings is 1. The molecular weight excluding hydrogens is 310 g/mol. The molecule has 0 N–H and O–H groups in total. The van der Waals surface area contributed by atoms with E-state index in [2.05, 4.69) is 25.7 Å². The molecule has 4 nitrogen and oxygen atoms in total. The van der Waals surface area contributed by atoms with Crippen LogP contribution in [0.3, 0.4) is 0 Å². The van der Waals surface area contributed by atoms with Gasteiger partial charge < -0.3 is 4.74 Å². The van der Waals surface area contributed by atoms with Gasteiger partial charge in [0, 0.05) is 5.56 Å². The van der Waals surface area contributed by atoms with Crippen molar-refractivity contribution in [1.82, 2.24) is 4.98 Å². The first kappa shape index (κ1) is 14.5. The normalized spacial score (nSPS) is 10.2. The van der Waals surface area contributed by atoms with Crippen molar-refractivity contribution in [3.05, 3.63) is 27.5 Å². The minimum absolute atomic E-state index is 0.00194. The molecule has 0 saturated heterocycles. The van der Waals surface area contributed by atoms with Crippen LogP contribution in [-0.2, 0) is 16.0 Å². The van der Waals surface area contributed by atoms with Crippen LogP contribution in [0.4, 0.5) is 8.78 Å². The van der Waals surface area contributed by atoms with Crippen LogP contribution in [-0.4, -0.2) is 17.6 Å². The third kappa shape index (κ3) is 3.47. The molecule has 0 spiro atoms. The van der Waals surface area contributed by atoms with Crippen molar-refractivity contribution >= 4 is 21.9 Å². The molecule has 1 heterocycles. The monoisotopic (exact) mass is 318 g/mol. The lowest BCUT2D eigenvalue weighted by Crippen LogP contribution is -2.12. The van der Waals surface area contributed by atoms with Crippen molar-refractivity contribution in [2.45, 2.75) is 19.8 Å². The second-order valence-corrected chi connectivity index (χ2v) is 4.01. The van der Waals surface area contributed by atoms with E-state index in [1.807, 2.05) is 0 Å².